The molecule has 0 saturated carbocycles. The van der Waals surface area contributed by atoms with Gasteiger partial charge in [-0.25, -0.2) is 0 Å². The van der Waals surface area contributed by atoms with E-state index in [0.29, 0.717) is 25.5 Å². The molecule has 1 aromatic rings. The van der Waals surface area contributed by atoms with E-state index >= 15 is 0 Å². The lowest BCUT2D eigenvalue weighted by Crippen LogP contribution is -2.25. The van der Waals surface area contributed by atoms with Crippen molar-refractivity contribution < 1.29 is 9.53 Å². The number of aromatic amines is 1. The maximum absolute atomic E-state index is 11.7. The molecule has 96 valence electrons. The van der Waals surface area contributed by atoms with E-state index < -0.39 is 0 Å². The first kappa shape index (κ1) is 13.7. The van der Waals surface area contributed by atoms with Crippen molar-refractivity contribution >= 4 is 5.91 Å². The first-order valence-corrected chi connectivity index (χ1v) is 6.18. The van der Waals surface area contributed by atoms with E-state index in [0.717, 1.165) is 25.0 Å². The molecule has 5 nitrogen and oxygen atoms in total. The van der Waals surface area contributed by atoms with Gasteiger partial charge in [0, 0.05) is 25.5 Å². The van der Waals surface area contributed by atoms with Crippen molar-refractivity contribution in [3.63, 3.8) is 0 Å². The average molecular weight is 239 g/mol. The van der Waals surface area contributed by atoms with Gasteiger partial charge in [-0.3, -0.25) is 9.89 Å². The minimum Gasteiger partial charge on any atom is -0.382 e. The zero-order valence-electron chi connectivity index (χ0n) is 10.6. The third kappa shape index (κ3) is 4.99. The number of carbonyl (C=O) groups excluding carboxylic acids is 1. The fourth-order valence-corrected chi connectivity index (χ4v) is 1.49. The van der Waals surface area contributed by atoms with Gasteiger partial charge in [-0.2, -0.15) is 5.10 Å². The molecule has 5 heteroatoms. The molecular weight excluding hydrogens is 218 g/mol. The van der Waals surface area contributed by atoms with Gasteiger partial charge >= 0.3 is 0 Å². The fourth-order valence-electron chi connectivity index (χ4n) is 1.49. The molecule has 0 aliphatic rings. The van der Waals surface area contributed by atoms with Crippen LogP contribution in [0.25, 0.3) is 0 Å². The molecule has 0 saturated heterocycles. The SMILES string of the molecule is CCCc1cc(C(=O)NCCCOCC)n[nH]1. The van der Waals surface area contributed by atoms with E-state index in [4.69, 9.17) is 4.74 Å². The summed E-state index contributed by atoms with van der Waals surface area (Å²) in [5, 5.41) is 9.66. The molecule has 1 heterocycles. The zero-order chi connectivity index (χ0) is 12.5. The van der Waals surface area contributed by atoms with E-state index in [-0.39, 0.29) is 5.91 Å². The molecule has 0 aliphatic carbocycles. The second-order valence-corrected chi connectivity index (χ2v) is 3.83. The lowest BCUT2D eigenvalue weighted by Gasteiger charge is -2.02. The predicted molar refractivity (Wildman–Crippen MR) is 66.0 cm³/mol. The monoisotopic (exact) mass is 239 g/mol. The van der Waals surface area contributed by atoms with Gasteiger partial charge in [0.2, 0.25) is 0 Å². The van der Waals surface area contributed by atoms with E-state index in [1.54, 1.807) is 6.07 Å². The molecule has 0 radical (unpaired) electrons. The van der Waals surface area contributed by atoms with Crippen LogP contribution in [0.5, 0.6) is 0 Å². The lowest BCUT2D eigenvalue weighted by atomic mass is 10.2. The number of aryl methyl sites for hydroxylation is 1. The molecule has 0 bridgehead atoms. The van der Waals surface area contributed by atoms with Crippen LogP contribution in [0, 0.1) is 0 Å². The second kappa shape index (κ2) is 7.84. The Morgan fingerprint density at radius 3 is 3.06 bits per heavy atom. The summed E-state index contributed by atoms with van der Waals surface area (Å²) in [6.45, 7) is 6.06. The van der Waals surface area contributed by atoms with E-state index in [9.17, 15) is 4.79 Å². The summed E-state index contributed by atoms with van der Waals surface area (Å²) in [5.41, 5.74) is 1.47. The molecule has 1 amide bonds. The maximum atomic E-state index is 11.7. The highest BCUT2D eigenvalue weighted by atomic mass is 16.5. The normalized spacial score (nSPS) is 10.5. The summed E-state index contributed by atoms with van der Waals surface area (Å²) >= 11 is 0. The van der Waals surface area contributed by atoms with Gasteiger partial charge < -0.3 is 10.1 Å². The van der Waals surface area contributed by atoms with Crippen molar-refractivity contribution in [2.45, 2.75) is 33.1 Å². The van der Waals surface area contributed by atoms with E-state index in [2.05, 4.69) is 22.4 Å². The van der Waals surface area contributed by atoms with Gasteiger partial charge in [0.05, 0.1) is 0 Å². The number of aromatic nitrogens is 2. The summed E-state index contributed by atoms with van der Waals surface area (Å²) in [7, 11) is 0. The molecule has 0 aromatic carbocycles. The largest absolute Gasteiger partial charge is 0.382 e. The Bertz CT molecular complexity index is 336. The Morgan fingerprint density at radius 2 is 2.35 bits per heavy atom. The first-order valence-electron chi connectivity index (χ1n) is 6.18. The van der Waals surface area contributed by atoms with Gasteiger partial charge in [-0.05, 0) is 25.8 Å². The number of hydrogen-bond acceptors (Lipinski definition) is 3. The van der Waals surface area contributed by atoms with Crippen LogP contribution in [0.4, 0.5) is 0 Å². The molecule has 0 atom stereocenters. The molecular formula is C12H21N3O2. The number of nitrogens with zero attached hydrogens (tertiary/aromatic N) is 1. The Morgan fingerprint density at radius 1 is 1.53 bits per heavy atom. The smallest absolute Gasteiger partial charge is 0.271 e. The second-order valence-electron chi connectivity index (χ2n) is 3.83. The number of ether oxygens (including phenoxy) is 1. The molecule has 0 spiro atoms. The maximum Gasteiger partial charge on any atom is 0.271 e. The van der Waals surface area contributed by atoms with Crippen LogP contribution in [0.2, 0.25) is 0 Å². The standard InChI is InChI=1S/C12H21N3O2/c1-3-6-10-9-11(15-14-10)12(16)13-7-5-8-17-4-2/h9H,3-8H2,1-2H3,(H,13,16)(H,14,15). The Balaban J connectivity index is 2.26. The van der Waals surface area contributed by atoms with Crippen LogP contribution in [0.3, 0.4) is 0 Å². The number of carbonyl (C=O) groups is 1. The first-order chi connectivity index (χ1) is 8.27. The van der Waals surface area contributed by atoms with Gasteiger partial charge in [0.15, 0.2) is 0 Å². The van der Waals surface area contributed by atoms with E-state index in [1.165, 1.54) is 0 Å². The Hall–Kier alpha value is -1.36. The molecule has 2 N–H and O–H groups in total. The highest BCUT2D eigenvalue weighted by Gasteiger charge is 2.08. The topological polar surface area (TPSA) is 67.0 Å². The third-order valence-electron chi connectivity index (χ3n) is 2.34. The van der Waals surface area contributed by atoms with Crippen molar-refractivity contribution in [3.05, 3.63) is 17.5 Å². The number of rotatable bonds is 8. The van der Waals surface area contributed by atoms with Crippen molar-refractivity contribution in [1.29, 1.82) is 0 Å². The predicted octanol–water partition coefficient (Wildman–Crippen LogP) is 1.52. The lowest BCUT2D eigenvalue weighted by molar-refractivity contribution is 0.0939. The third-order valence-corrected chi connectivity index (χ3v) is 2.34. The quantitative estimate of drug-likeness (QED) is 0.676. The van der Waals surface area contributed by atoms with Gasteiger partial charge in [-0.1, -0.05) is 13.3 Å². The van der Waals surface area contributed by atoms with E-state index in [1.807, 2.05) is 6.92 Å². The molecule has 0 fully saturated rings. The highest BCUT2D eigenvalue weighted by molar-refractivity contribution is 5.92. The number of H-pyrrole nitrogens is 1. The Kier molecular flexibility index (Phi) is 6.32. The zero-order valence-corrected chi connectivity index (χ0v) is 10.6. The van der Waals surface area contributed by atoms with Crippen molar-refractivity contribution in [1.82, 2.24) is 15.5 Å². The van der Waals surface area contributed by atoms with Crippen molar-refractivity contribution in [3.8, 4) is 0 Å². The summed E-state index contributed by atoms with van der Waals surface area (Å²) in [4.78, 5) is 11.7. The van der Waals surface area contributed by atoms with Crippen LogP contribution >= 0.6 is 0 Å². The van der Waals surface area contributed by atoms with Gasteiger partial charge in [-0.15, -0.1) is 0 Å². The van der Waals surface area contributed by atoms with Crippen molar-refractivity contribution in [2.24, 2.45) is 0 Å². The minimum absolute atomic E-state index is 0.125. The average Bonchev–Trinajstić information content (AvgIpc) is 2.78. The van der Waals surface area contributed by atoms with Crippen LogP contribution in [0.15, 0.2) is 6.07 Å². The fraction of sp³-hybridized carbons (Fsp3) is 0.667. The number of hydrogen-bond donors (Lipinski definition) is 2. The van der Waals surface area contributed by atoms with Crippen molar-refractivity contribution in [2.75, 3.05) is 19.8 Å². The summed E-state index contributed by atoms with van der Waals surface area (Å²) in [5.74, 6) is -0.125. The summed E-state index contributed by atoms with van der Waals surface area (Å²) in [6, 6.07) is 1.81. The van der Waals surface area contributed by atoms with Gasteiger partial charge in [0.1, 0.15) is 5.69 Å². The summed E-state index contributed by atoms with van der Waals surface area (Å²) in [6.07, 6.45) is 2.79. The number of nitrogens with one attached hydrogen (secondary N) is 2. The highest BCUT2D eigenvalue weighted by Crippen LogP contribution is 2.02. The molecule has 0 unspecified atom stereocenters. The van der Waals surface area contributed by atoms with Crippen LogP contribution in [0.1, 0.15) is 42.9 Å². The van der Waals surface area contributed by atoms with Crippen LogP contribution < -0.4 is 5.32 Å². The number of amides is 1. The molecule has 17 heavy (non-hydrogen) atoms. The van der Waals surface area contributed by atoms with Crippen LogP contribution in [-0.2, 0) is 11.2 Å². The Labute approximate surface area is 102 Å². The molecule has 1 rings (SSSR count). The molecule has 1 aromatic heterocycles. The molecule has 0 aliphatic heterocycles. The van der Waals surface area contributed by atoms with Gasteiger partial charge in [0.25, 0.3) is 5.91 Å². The summed E-state index contributed by atoms with van der Waals surface area (Å²) < 4.78 is 5.18. The minimum atomic E-state index is -0.125. The van der Waals surface area contributed by atoms with Crippen LogP contribution in [-0.4, -0.2) is 35.9 Å².